The zero-order valence-corrected chi connectivity index (χ0v) is 8.96. The first-order valence-corrected chi connectivity index (χ1v) is 5.59. The number of ether oxygens (including phenoxy) is 1. The third-order valence-corrected chi connectivity index (χ3v) is 2.65. The largest absolute Gasteiger partial charge is 0.379 e. The normalized spacial score (nSPS) is 21.7. The predicted molar refractivity (Wildman–Crippen MR) is 59.7 cm³/mol. The zero-order chi connectivity index (χ0) is 10.3. The van der Waals surface area contributed by atoms with E-state index in [1.54, 1.807) is 0 Å². The minimum absolute atomic E-state index is 0.523. The average molecular weight is 209 g/mol. The van der Waals surface area contributed by atoms with E-state index in [9.17, 15) is 0 Å². The summed E-state index contributed by atoms with van der Waals surface area (Å²) in [6.07, 6.45) is 3.08. The Morgan fingerprint density at radius 3 is 3.27 bits per heavy atom. The van der Waals surface area contributed by atoms with Crippen LogP contribution in [0.15, 0.2) is 18.3 Å². The second-order valence-electron chi connectivity index (χ2n) is 3.89. The Morgan fingerprint density at radius 2 is 2.53 bits per heavy atom. The molecule has 1 aromatic heterocycles. The molecule has 0 saturated carbocycles. The van der Waals surface area contributed by atoms with E-state index in [2.05, 4.69) is 21.7 Å². The van der Waals surface area contributed by atoms with Crippen molar-refractivity contribution in [3.63, 3.8) is 0 Å². The highest BCUT2D eigenvalue weighted by Crippen LogP contribution is 1.98. The van der Waals surface area contributed by atoms with Crippen LogP contribution in [0.3, 0.4) is 0 Å². The maximum Gasteiger partial charge on any atom is 0.0620 e. The highest BCUT2D eigenvalue weighted by atomic mass is 16.5. The summed E-state index contributed by atoms with van der Waals surface area (Å²) in [6, 6.07) is 4.64. The number of aromatic amines is 1. The smallest absolute Gasteiger partial charge is 0.0620 e. The Hall–Kier alpha value is -0.840. The van der Waals surface area contributed by atoms with Crippen molar-refractivity contribution in [2.75, 3.05) is 26.3 Å². The van der Waals surface area contributed by atoms with E-state index in [4.69, 9.17) is 4.74 Å². The molecule has 1 atom stereocenters. The molecule has 0 amide bonds. The van der Waals surface area contributed by atoms with Gasteiger partial charge in [0.25, 0.3) is 0 Å². The van der Waals surface area contributed by atoms with E-state index >= 15 is 0 Å². The summed E-state index contributed by atoms with van der Waals surface area (Å²) in [4.78, 5) is 3.17. The molecule has 0 bridgehead atoms. The summed E-state index contributed by atoms with van der Waals surface area (Å²) in [6.45, 7) is 4.64. The van der Waals surface area contributed by atoms with Crippen molar-refractivity contribution in [2.24, 2.45) is 0 Å². The molecule has 1 aromatic rings. The van der Waals surface area contributed by atoms with Gasteiger partial charge in [-0.3, -0.25) is 0 Å². The van der Waals surface area contributed by atoms with Gasteiger partial charge in [0.1, 0.15) is 0 Å². The minimum Gasteiger partial charge on any atom is -0.379 e. The van der Waals surface area contributed by atoms with Gasteiger partial charge in [-0.05, 0) is 25.1 Å². The van der Waals surface area contributed by atoms with Crippen LogP contribution in [0.2, 0.25) is 0 Å². The Balaban J connectivity index is 1.54. The fourth-order valence-electron chi connectivity index (χ4n) is 1.78. The van der Waals surface area contributed by atoms with Gasteiger partial charge in [-0.15, -0.1) is 0 Å². The Kier molecular flexibility index (Phi) is 4.20. The molecule has 4 nitrogen and oxygen atoms in total. The summed E-state index contributed by atoms with van der Waals surface area (Å²) in [5, 5.41) is 6.85. The predicted octanol–water partition coefficient (Wildman–Crippen LogP) is 0.483. The SMILES string of the molecule is c1c[nH]c(CNCCC2COCCN2)c1. The van der Waals surface area contributed by atoms with Crippen LogP contribution >= 0.6 is 0 Å². The average Bonchev–Trinajstić information content (AvgIpc) is 2.79. The van der Waals surface area contributed by atoms with Crippen LogP contribution in [0.25, 0.3) is 0 Å². The molecule has 3 N–H and O–H groups in total. The first-order valence-electron chi connectivity index (χ1n) is 5.59. The van der Waals surface area contributed by atoms with E-state index in [0.29, 0.717) is 6.04 Å². The molecular formula is C11H19N3O. The molecule has 15 heavy (non-hydrogen) atoms. The molecule has 0 aromatic carbocycles. The number of hydrogen-bond donors (Lipinski definition) is 3. The second kappa shape index (κ2) is 5.90. The molecule has 0 aliphatic carbocycles. The van der Waals surface area contributed by atoms with Gasteiger partial charge >= 0.3 is 0 Å². The van der Waals surface area contributed by atoms with Crippen molar-refractivity contribution in [1.29, 1.82) is 0 Å². The fraction of sp³-hybridized carbons (Fsp3) is 0.636. The molecule has 4 heteroatoms. The Bertz CT molecular complexity index is 255. The van der Waals surface area contributed by atoms with E-state index in [-0.39, 0.29) is 0 Å². The van der Waals surface area contributed by atoms with Gasteiger partial charge in [-0.1, -0.05) is 0 Å². The van der Waals surface area contributed by atoms with Crippen molar-refractivity contribution in [3.8, 4) is 0 Å². The lowest BCUT2D eigenvalue weighted by Crippen LogP contribution is -2.42. The number of nitrogens with one attached hydrogen (secondary N) is 3. The van der Waals surface area contributed by atoms with Crippen LogP contribution < -0.4 is 10.6 Å². The van der Waals surface area contributed by atoms with Crippen LogP contribution in [0.4, 0.5) is 0 Å². The van der Waals surface area contributed by atoms with Crippen LogP contribution in [-0.2, 0) is 11.3 Å². The summed E-state index contributed by atoms with van der Waals surface area (Å²) < 4.78 is 5.39. The molecule has 2 heterocycles. The summed E-state index contributed by atoms with van der Waals surface area (Å²) in [5.74, 6) is 0. The van der Waals surface area contributed by atoms with Gasteiger partial charge in [0.2, 0.25) is 0 Å². The lowest BCUT2D eigenvalue weighted by Gasteiger charge is -2.23. The lowest BCUT2D eigenvalue weighted by atomic mass is 10.2. The van der Waals surface area contributed by atoms with Crippen molar-refractivity contribution >= 4 is 0 Å². The number of rotatable bonds is 5. The Labute approximate surface area is 90.4 Å². The number of H-pyrrole nitrogens is 1. The highest BCUT2D eigenvalue weighted by Gasteiger charge is 2.11. The highest BCUT2D eigenvalue weighted by molar-refractivity contribution is 5.02. The van der Waals surface area contributed by atoms with Gasteiger partial charge in [0.15, 0.2) is 0 Å². The van der Waals surface area contributed by atoms with Gasteiger partial charge in [-0.2, -0.15) is 0 Å². The molecule has 1 fully saturated rings. The summed E-state index contributed by atoms with van der Waals surface area (Å²) in [7, 11) is 0. The molecule has 1 aliphatic heterocycles. The molecule has 0 spiro atoms. The van der Waals surface area contributed by atoms with Crippen molar-refractivity contribution in [1.82, 2.24) is 15.6 Å². The van der Waals surface area contributed by atoms with Crippen LogP contribution in [0, 0.1) is 0 Å². The molecular weight excluding hydrogens is 190 g/mol. The van der Waals surface area contributed by atoms with Gasteiger partial charge < -0.3 is 20.4 Å². The monoisotopic (exact) mass is 209 g/mol. The molecule has 2 rings (SSSR count). The standard InChI is InChI=1S/C11H19N3O/c1-2-10(13-4-1)8-12-5-3-11-9-15-7-6-14-11/h1-2,4,11-14H,3,5-9H2. The van der Waals surface area contributed by atoms with Crippen molar-refractivity contribution in [3.05, 3.63) is 24.0 Å². The number of hydrogen-bond acceptors (Lipinski definition) is 3. The summed E-state index contributed by atoms with van der Waals surface area (Å²) in [5.41, 5.74) is 1.24. The topological polar surface area (TPSA) is 49.1 Å². The molecule has 1 aliphatic rings. The summed E-state index contributed by atoms with van der Waals surface area (Å²) >= 11 is 0. The van der Waals surface area contributed by atoms with Gasteiger partial charge in [0, 0.05) is 31.0 Å². The molecule has 0 radical (unpaired) electrons. The van der Waals surface area contributed by atoms with Crippen LogP contribution in [0.1, 0.15) is 12.1 Å². The lowest BCUT2D eigenvalue weighted by molar-refractivity contribution is 0.0742. The molecule has 1 saturated heterocycles. The third kappa shape index (κ3) is 3.66. The quantitative estimate of drug-likeness (QED) is 0.618. The zero-order valence-electron chi connectivity index (χ0n) is 8.96. The minimum atomic E-state index is 0.523. The van der Waals surface area contributed by atoms with E-state index < -0.39 is 0 Å². The second-order valence-corrected chi connectivity index (χ2v) is 3.89. The van der Waals surface area contributed by atoms with Gasteiger partial charge in [-0.25, -0.2) is 0 Å². The maximum atomic E-state index is 5.39. The van der Waals surface area contributed by atoms with Crippen LogP contribution in [-0.4, -0.2) is 37.3 Å². The first-order chi connectivity index (χ1) is 7.45. The fourth-order valence-corrected chi connectivity index (χ4v) is 1.78. The Morgan fingerprint density at radius 1 is 1.53 bits per heavy atom. The van der Waals surface area contributed by atoms with Crippen LogP contribution in [0.5, 0.6) is 0 Å². The van der Waals surface area contributed by atoms with Crippen molar-refractivity contribution in [2.45, 2.75) is 19.0 Å². The van der Waals surface area contributed by atoms with E-state index in [1.807, 2.05) is 12.3 Å². The van der Waals surface area contributed by atoms with Gasteiger partial charge in [0.05, 0.1) is 13.2 Å². The van der Waals surface area contributed by atoms with E-state index in [0.717, 1.165) is 39.3 Å². The first kappa shape index (κ1) is 10.7. The number of morpholine rings is 1. The molecule has 84 valence electrons. The molecule has 1 unspecified atom stereocenters. The maximum absolute atomic E-state index is 5.39. The third-order valence-electron chi connectivity index (χ3n) is 2.65. The van der Waals surface area contributed by atoms with Crippen molar-refractivity contribution < 1.29 is 4.74 Å². The van der Waals surface area contributed by atoms with E-state index in [1.165, 1.54) is 5.69 Å². The number of aromatic nitrogens is 1.